The van der Waals surface area contributed by atoms with Gasteiger partial charge in [-0.2, -0.15) is 17.6 Å². The summed E-state index contributed by atoms with van der Waals surface area (Å²) in [6.07, 6.45) is -2.61. The predicted molar refractivity (Wildman–Crippen MR) is 72.7 cm³/mol. The quantitative estimate of drug-likeness (QED) is 0.638. The van der Waals surface area contributed by atoms with Crippen LogP contribution < -0.4 is 10.6 Å². The molecule has 0 saturated carbocycles. The second-order valence-corrected chi connectivity index (χ2v) is 4.51. The minimum atomic E-state index is -4.54. The molecule has 1 amide bonds. The van der Waals surface area contributed by atoms with Crippen LogP contribution >= 0.6 is 0 Å². The number of nitrogens with zero attached hydrogens (tertiary/aromatic N) is 3. The molecule has 2 aromatic rings. The number of amides is 1. The van der Waals surface area contributed by atoms with E-state index in [1.54, 1.807) is 5.32 Å². The normalized spacial score (nSPS) is 11.2. The molecule has 2 rings (SSSR count). The predicted octanol–water partition coefficient (Wildman–Crippen LogP) is 1.91. The van der Waals surface area contributed by atoms with E-state index in [4.69, 9.17) is 0 Å². The maximum atomic E-state index is 13.6. The second kappa shape index (κ2) is 7.15. The van der Waals surface area contributed by atoms with Gasteiger partial charge in [-0.25, -0.2) is 19.3 Å². The zero-order valence-electron chi connectivity index (χ0n) is 11.9. The minimum Gasteiger partial charge on any atom is -0.358 e. The SMILES string of the molecule is O=C(CNc1nc(-c2ccc(F)nc2)ncc1F)NCC(F)(F)F. The van der Waals surface area contributed by atoms with Crippen LogP contribution in [-0.4, -0.2) is 40.1 Å². The number of aromatic nitrogens is 3. The van der Waals surface area contributed by atoms with Crippen LogP contribution in [-0.2, 0) is 4.79 Å². The summed E-state index contributed by atoms with van der Waals surface area (Å²) in [7, 11) is 0. The van der Waals surface area contributed by atoms with Gasteiger partial charge in [-0.1, -0.05) is 0 Å². The molecular formula is C13H10F5N5O. The van der Waals surface area contributed by atoms with Crippen molar-refractivity contribution in [1.29, 1.82) is 0 Å². The smallest absolute Gasteiger partial charge is 0.358 e. The van der Waals surface area contributed by atoms with Crippen LogP contribution in [0.15, 0.2) is 24.5 Å². The first-order chi connectivity index (χ1) is 11.2. The summed E-state index contributed by atoms with van der Waals surface area (Å²) in [5, 5.41) is 3.89. The Hall–Kier alpha value is -2.85. The van der Waals surface area contributed by atoms with Crippen molar-refractivity contribution < 1.29 is 26.7 Å². The fraction of sp³-hybridized carbons (Fsp3) is 0.231. The van der Waals surface area contributed by atoms with Gasteiger partial charge in [0.1, 0.15) is 6.54 Å². The van der Waals surface area contributed by atoms with E-state index >= 15 is 0 Å². The average Bonchev–Trinajstić information content (AvgIpc) is 2.52. The fourth-order valence-electron chi connectivity index (χ4n) is 1.56. The molecule has 0 fully saturated rings. The van der Waals surface area contributed by atoms with Crippen molar-refractivity contribution in [3.8, 4) is 11.4 Å². The van der Waals surface area contributed by atoms with Gasteiger partial charge in [0, 0.05) is 11.8 Å². The molecule has 0 aliphatic rings. The van der Waals surface area contributed by atoms with E-state index in [9.17, 15) is 26.7 Å². The summed E-state index contributed by atoms with van der Waals surface area (Å²) in [6, 6.07) is 2.37. The van der Waals surface area contributed by atoms with Crippen molar-refractivity contribution in [3.05, 3.63) is 36.3 Å². The second-order valence-electron chi connectivity index (χ2n) is 4.51. The molecule has 2 heterocycles. The summed E-state index contributed by atoms with van der Waals surface area (Å²) >= 11 is 0. The van der Waals surface area contributed by atoms with Crippen LogP contribution in [0.1, 0.15) is 0 Å². The number of halogens is 5. The fourth-order valence-corrected chi connectivity index (χ4v) is 1.56. The Bertz CT molecular complexity index is 720. The minimum absolute atomic E-state index is 0.00194. The molecule has 2 N–H and O–H groups in total. The summed E-state index contributed by atoms with van der Waals surface area (Å²) in [5.41, 5.74) is 0.293. The highest BCUT2D eigenvalue weighted by molar-refractivity contribution is 5.80. The van der Waals surface area contributed by atoms with Crippen LogP contribution in [0.25, 0.3) is 11.4 Å². The maximum Gasteiger partial charge on any atom is 0.405 e. The van der Waals surface area contributed by atoms with E-state index in [2.05, 4.69) is 20.3 Å². The lowest BCUT2D eigenvalue weighted by Gasteiger charge is -2.10. The number of carbonyl (C=O) groups is 1. The Morgan fingerprint density at radius 3 is 2.50 bits per heavy atom. The molecule has 0 bridgehead atoms. The monoisotopic (exact) mass is 347 g/mol. The molecule has 128 valence electrons. The molecule has 6 nitrogen and oxygen atoms in total. The van der Waals surface area contributed by atoms with Crippen LogP contribution in [0.3, 0.4) is 0 Å². The number of hydrogen-bond donors (Lipinski definition) is 2. The summed E-state index contributed by atoms with van der Waals surface area (Å²) < 4.78 is 62.3. The number of alkyl halides is 3. The molecule has 0 radical (unpaired) electrons. The van der Waals surface area contributed by atoms with E-state index < -0.39 is 36.9 Å². The van der Waals surface area contributed by atoms with Crippen LogP contribution in [0.4, 0.5) is 27.8 Å². The molecular weight excluding hydrogens is 337 g/mol. The van der Waals surface area contributed by atoms with E-state index in [1.807, 2.05) is 0 Å². The zero-order chi connectivity index (χ0) is 17.7. The molecule has 0 aliphatic carbocycles. The molecule has 11 heteroatoms. The summed E-state index contributed by atoms with van der Waals surface area (Å²) in [5.74, 6) is -3.00. The lowest BCUT2D eigenvalue weighted by molar-refractivity contribution is -0.137. The Morgan fingerprint density at radius 1 is 1.12 bits per heavy atom. The van der Waals surface area contributed by atoms with Crippen LogP contribution in [0.5, 0.6) is 0 Å². The number of anilines is 1. The third kappa shape index (κ3) is 5.11. The Kier molecular flexibility index (Phi) is 5.21. The molecule has 0 spiro atoms. The molecule has 2 aromatic heterocycles. The lowest BCUT2D eigenvalue weighted by Crippen LogP contribution is -2.37. The van der Waals surface area contributed by atoms with Crippen molar-refractivity contribution in [2.45, 2.75) is 6.18 Å². The molecule has 0 aliphatic heterocycles. The van der Waals surface area contributed by atoms with Gasteiger partial charge in [-0.05, 0) is 12.1 Å². The molecule has 24 heavy (non-hydrogen) atoms. The Balaban J connectivity index is 2.04. The standard InChI is InChI=1S/C13H10F5N5O/c14-8-4-20-11(7-1-2-9(15)19-3-7)23-12(8)21-5-10(24)22-6-13(16,17)18/h1-4H,5-6H2,(H,22,24)(H,20,21,23). The highest BCUT2D eigenvalue weighted by atomic mass is 19.4. The Labute approximate surface area is 132 Å². The van der Waals surface area contributed by atoms with E-state index in [-0.39, 0.29) is 11.6 Å². The van der Waals surface area contributed by atoms with Crippen molar-refractivity contribution in [2.75, 3.05) is 18.4 Å². The molecule has 0 unspecified atom stereocenters. The number of rotatable bonds is 5. The van der Waals surface area contributed by atoms with Gasteiger partial charge in [0.25, 0.3) is 0 Å². The average molecular weight is 347 g/mol. The number of carbonyl (C=O) groups excluding carboxylic acids is 1. The summed E-state index contributed by atoms with van der Waals surface area (Å²) in [6.45, 7) is -2.11. The molecule has 0 aromatic carbocycles. The highest BCUT2D eigenvalue weighted by Gasteiger charge is 2.27. The first-order valence-corrected chi connectivity index (χ1v) is 6.46. The van der Waals surface area contributed by atoms with Gasteiger partial charge in [-0.15, -0.1) is 0 Å². The molecule has 0 saturated heterocycles. The lowest BCUT2D eigenvalue weighted by atomic mass is 10.2. The first kappa shape index (κ1) is 17.5. The van der Waals surface area contributed by atoms with E-state index in [1.165, 1.54) is 6.07 Å². The molecule has 0 atom stereocenters. The van der Waals surface area contributed by atoms with Crippen molar-refractivity contribution in [1.82, 2.24) is 20.3 Å². The number of hydrogen-bond acceptors (Lipinski definition) is 5. The van der Waals surface area contributed by atoms with Gasteiger partial charge in [0.15, 0.2) is 17.5 Å². The van der Waals surface area contributed by atoms with Crippen LogP contribution in [0, 0.1) is 11.8 Å². The van der Waals surface area contributed by atoms with Crippen LogP contribution in [0.2, 0.25) is 0 Å². The summed E-state index contributed by atoms with van der Waals surface area (Å²) in [4.78, 5) is 22.2. The van der Waals surface area contributed by atoms with E-state index in [0.717, 1.165) is 18.5 Å². The van der Waals surface area contributed by atoms with Gasteiger partial charge in [0.2, 0.25) is 11.9 Å². The van der Waals surface area contributed by atoms with E-state index in [0.29, 0.717) is 5.56 Å². The Morgan fingerprint density at radius 2 is 1.88 bits per heavy atom. The number of nitrogens with one attached hydrogen (secondary N) is 2. The van der Waals surface area contributed by atoms with Gasteiger partial charge in [-0.3, -0.25) is 4.79 Å². The zero-order valence-corrected chi connectivity index (χ0v) is 11.9. The number of pyridine rings is 1. The highest BCUT2D eigenvalue weighted by Crippen LogP contribution is 2.17. The van der Waals surface area contributed by atoms with Crippen molar-refractivity contribution in [3.63, 3.8) is 0 Å². The largest absolute Gasteiger partial charge is 0.405 e. The van der Waals surface area contributed by atoms with Gasteiger partial charge in [0.05, 0.1) is 12.7 Å². The third-order valence-corrected chi connectivity index (χ3v) is 2.63. The van der Waals surface area contributed by atoms with Gasteiger partial charge < -0.3 is 10.6 Å². The van der Waals surface area contributed by atoms with Crippen molar-refractivity contribution in [2.24, 2.45) is 0 Å². The maximum absolute atomic E-state index is 13.6. The third-order valence-electron chi connectivity index (χ3n) is 2.63. The van der Waals surface area contributed by atoms with Crippen molar-refractivity contribution >= 4 is 11.7 Å². The first-order valence-electron chi connectivity index (χ1n) is 6.46. The van der Waals surface area contributed by atoms with Gasteiger partial charge >= 0.3 is 6.18 Å². The topological polar surface area (TPSA) is 79.8 Å².